The molecule has 0 spiro atoms. The molecular weight excluding hydrogens is 350 g/mol. The van der Waals surface area contributed by atoms with Crippen molar-refractivity contribution in [1.82, 2.24) is 4.98 Å². The van der Waals surface area contributed by atoms with Gasteiger partial charge in [-0.3, -0.25) is 9.59 Å². The van der Waals surface area contributed by atoms with E-state index >= 15 is 0 Å². The number of aromatic amines is 1. The highest BCUT2D eigenvalue weighted by Gasteiger charge is 2.20. The second kappa shape index (κ2) is 8.35. The SMILES string of the molecule is COc1cc(/C=C/C(=O)OCC(=O)c2[nH]c(C)c(C(C)=O)c2C)ccc1O. The Labute approximate surface area is 156 Å². The van der Waals surface area contributed by atoms with Crippen molar-refractivity contribution in [2.45, 2.75) is 20.8 Å². The minimum absolute atomic E-state index is 0.00985. The molecule has 142 valence electrons. The van der Waals surface area contributed by atoms with Crippen LogP contribution in [0.25, 0.3) is 6.08 Å². The fourth-order valence-electron chi connectivity index (χ4n) is 2.78. The van der Waals surface area contributed by atoms with Gasteiger partial charge in [0.15, 0.2) is 23.9 Å². The summed E-state index contributed by atoms with van der Waals surface area (Å²) in [4.78, 5) is 38.6. The summed E-state index contributed by atoms with van der Waals surface area (Å²) in [7, 11) is 1.42. The van der Waals surface area contributed by atoms with Gasteiger partial charge in [0.25, 0.3) is 0 Å². The summed E-state index contributed by atoms with van der Waals surface area (Å²) in [6, 6.07) is 4.59. The predicted molar refractivity (Wildman–Crippen MR) is 99.3 cm³/mol. The molecule has 0 unspecified atom stereocenters. The minimum atomic E-state index is -0.692. The second-order valence-corrected chi connectivity index (χ2v) is 5.98. The zero-order chi connectivity index (χ0) is 20.1. The lowest BCUT2D eigenvalue weighted by molar-refractivity contribution is -0.136. The van der Waals surface area contributed by atoms with Crippen LogP contribution >= 0.6 is 0 Å². The van der Waals surface area contributed by atoms with E-state index in [0.717, 1.165) is 0 Å². The Balaban J connectivity index is 2.00. The predicted octanol–water partition coefficient (Wildman–Crippen LogP) is 2.99. The van der Waals surface area contributed by atoms with Gasteiger partial charge in [0.05, 0.1) is 12.8 Å². The standard InChI is InChI=1S/C20H21NO6/c1-11-19(13(3)22)12(2)21-20(11)16(24)10-27-18(25)8-6-14-5-7-15(23)17(9-14)26-4/h5-9,21,23H,10H2,1-4H3/b8-6+. The van der Waals surface area contributed by atoms with Crippen LogP contribution in [0.5, 0.6) is 11.5 Å². The van der Waals surface area contributed by atoms with Gasteiger partial charge in [-0.25, -0.2) is 4.79 Å². The summed E-state index contributed by atoms with van der Waals surface area (Å²) in [6.07, 6.45) is 2.65. The number of ether oxygens (including phenoxy) is 2. The van der Waals surface area contributed by atoms with E-state index in [9.17, 15) is 19.5 Å². The number of H-pyrrole nitrogens is 1. The van der Waals surface area contributed by atoms with E-state index in [1.54, 1.807) is 26.0 Å². The number of carbonyl (C=O) groups excluding carboxylic acids is 3. The van der Waals surface area contributed by atoms with Crippen molar-refractivity contribution in [3.63, 3.8) is 0 Å². The van der Waals surface area contributed by atoms with E-state index in [4.69, 9.17) is 9.47 Å². The molecule has 0 saturated heterocycles. The third kappa shape index (κ3) is 4.63. The van der Waals surface area contributed by atoms with Crippen LogP contribution in [0.4, 0.5) is 0 Å². The fourth-order valence-corrected chi connectivity index (χ4v) is 2.78. The Morgan fingerprint density at radius 3 is 2.52 bits per heavy atom. The fraction of sp³-hybridized carbons (Fsp3) is 0.250. The summed E-state index contributed by atoms with van der Waals surface area (Å²) in [6.45, 7) is 4.37. The average Bonchev–Trinajstić information content (AvgIpc) is 2.93. The van der Waals surface area contributed by atoms with Crippen molar-refractivity contribution < 1.29 is 29.0 Å². The summed E-state index contributed by atoms with van der Waals surface area (Å²) >= 11 is 0. The molecular formula is C20H21NO6. The molecule has 0 atom stereocenters. The van der Waals surface area contributed by atoms with E-state index in [0.29, 0.717) is 22.4 Å². The number of carbonyl (C=O) groups is 3. The lowest BCUT2D eigenvalue weighted by Crippen LogP contribution is -2.14. The number of aromatic nitrogens is 1. The highest BCUT2D eigenvalue weighted by atomic mass is 16.5. The highest BCUT2D eigenvalue weighted by molar-refractivity contribution is 6.04. The maximum atomic E-state index is 12.3. The molecule has 0 aliphatic rings. The molecule has 0 aliphatic carbocycles. The minimum Gasteiger partial charge on any atom is -0.504 e. The van der Waals surface area contributed by atoms with E-state index in [-0.39, 0.29) is 23.0 Å². The van der Waals surface area contributed by atoms with Gasteiger partial charge in [-0.2, -0.15) is 0 Å². The molecule has 1 aromatic carbocycles. The maximum absolute atomic E-state index is 12.3. The van der Waals surface area contributed by atoms with Crippen LogP contribution in [0.3, 0.4) is 0 Å². The number of methoxy groups -OCH3 is 1. The Hall–Kier alpha value is -3.35. The second-order valence-electron chi connectivity index (χ2n) is 5.98. The van der Waals surface area contributed by atoms with Crippen LogP contribution in [-0.4, -0.2) is 41.3 Å². The molecule has 0 saturated carbocycles. The number of nitrogens with one attached hydrogen (secondary N) is 1. The molecule has 0 bridgehead atoms. The molecule has 2 rings (SSSR count). The molecule has 0 fully saturated rings. The number of phenolic OH excluding ortho intramolecular Hbond substituents is 1. The number of benzene rings is 1. The first-order chi connectivity index (χ1) is 12.7. The lowest BCUT2D eigenvalue weighted by atomic mass is 10.1. The van der Waals surface area contributed by atoms with Crippen molar-refractivity contribution in [2.24, 2.45) is 0 Å². The number of rotatable bonds is 7. The zero-order valence-corrected chi connectivity index (χ0v) is 15.6. The Morgan fingerprint density at radius 2 is 1.93 bits per heavy atom. The van der Waals surface area contributed by atoms with Gasteiger partial charge in [-0.1, -0.05) is 6.07 Å². The topological polar surface area (TPSA) is 106 Å². The first-order valence-electron chi connectivity index (χ1n) is 8.19. The van der Waals surface area contributed by atoms with Crippen molar-refractivity contribution in [1.29, 1.82) is 0 Å². The van der Waals surface area contributed by atoms with Gasteiger partial charge < -0.3 is 19.6 Å². The van der Waals surface area contributed by atoms with Crippen LogP contribution in [0, 0.1) is 13.8 Å². The molecule has 7 nitrogen and oxygen atoms in total. The summed E-state index contributed by atoms with van der Waals surface area (Å²) in [5.74, 6) is -0.979. The Morgan fingerprint density at radius 1 is 1.22 bits per heavy atom. The average molecular weight is 371 g/mol. The first-order valence-corrected chi connectivity index (χ1v) is 8.19. The number of hydrogen-bond acceptors (Lipinski definition) is 6. The molecule has 0 aliphatic heterocycles. The number of phenols is 1. The van der Waals surface area contributed by atoms with Crippen molar-refractivity contribution in [2.75, 3.05) is 13.7 Å². The van der Waals surface area contributed by atoms with Crippen LogP contribution in [0.15, 0.2) is 24.3 Å². The molecule has 2 aromatic rings. The quantitative estimate of drug-likeness (QED) is 0.440. The number of Topliss-reactive ketones (excluding diaryl/α,β-unsaturated/α-hetero) is 2. The van der Waals surface area contributed by atoms with E-state index in [1.807, 2.05) is 0 Å². The molecule has 2 N–H and O–H groups in total. The maximum Gasteiger partial charge on any atom is 0.331 e. The van der Waals surface area contributed by atoms with Crippen molar-refractivity contribution in [3.05, 3.63) is 52.4 Å². The monoisotopic (exact) mass is 371 g/mol. The Kier molecular flexibility index (Phi) is 6.18. The highest BCUT2D eigenvalue weighted by Crippen LogP contribution is 2.26. The van der Waals surface area contributed by atoms with Gasteiger partial charge >= 0.3 is 5.97 Å². The third-order valence-electron chi connectivity index (χ3n) is 4.03. The van der Waals surface area contributed by atoms with Crippen LogP contribution in [-0.2, 0) is 9.53 Å². The molecule has 0 radical (unpaired) electrons. The number of aryl methyl sites for hydroxylation is 1. The van der Waals surface area contributed by atoms with Crippen LogP contribution in [0.1, 0.15) is 44.6 Å². The van der Waals surface area contributed by atoms with Crippen molar-refractivity contribution >= 4 is 23.6 Å². The number of aromatic hydroxyl groups is 1. The number of ketones is 2. The summed E-state index contributed by atoms with van der Waals surface area (Å²) < 4.78 is 9.95. The van der Waals surface area contributed by atoms with Gasteiger partial charge in [-0.05, 0) is 50.1 Å². The molecule has 0 amide bonds. The summed E-state index contributed by atoms with van der Waals surface area (Å²) in [5, 5.41) is 9.54. The third-order valence-corrected chi connectivity index (χ3v) is 4.03. The molecule has 27 heavy (non-hydrogen) atoms. The lowest BCUT2D eigenvalue weighted by Gasteiger charge is -2.04. The van der Waals surface area contributed by atoms with Gasteiger partial charge in [0, 0.05) is 17.3 Å². The van der Waals surface area contributed by atoms with Crippen molar-refractivity contribution in [3.8, 4) is 11.5 Å². The van der Waals surface area contributed by atoms with E-state index < -0.39 is 18.4 Å². The van der Waals surface area contributed by atoms with Gasteiger partial charge in [0.1, 0.15) is 0 Å². The summed E-state index contributed by atoms with van der Waals surface area (Å²) in [5.41, 5.74) is 2.52. The molecule has 1 aromatic heterocycles. The normalized spacial score (nSPS) is 10.8. The van der Waals surface area contributed by atoms with Gasteiger partial charge in [0.2, 0.25) is 5.78 Å². The molecule has 7 heteroatoms. The number of hydrogen-bond donors (Lipinski definition) is 2. The first kappa shape index (κ1) is 20.0. The number of esters is 1. The zero-order valence-electron chi connectivity index (χ0n) is 15.6. The van der Waals surface area contributed by atoms with E-state index in [1.165, 1.54) is 32.3 Å². The smallest absolute Gasteiger partial charge is 0.331 e. The van der Waals surface area contributed by atoms with Crippen LogP contribution in [0.2, 0.25) is 0 Å². The van der Waals surface area contributed by atoms with Crippen LogP contribution < -0.4 is 4.74 Å². The largest absolute Gasteiger partial charge is 0.504 e. The molecule has 1 heterocycles. The van der Waals surface area contributed by atoms with E-state index in [2.05, 4.69) is 4.98 Å². The van der Waals surface area contributed by atoms with Gasteiger partial charge in [-0.15, -0.1) is 0 Å². The Bertz CT molecular complexity index is 923.